The van der Waals surface area contributed by atoms with Crippen LogP contribution in [0.4, 0.5) is 18.9 Å². The average molecular weight is 351 g/mol. The summed E-state index contributed by atoms with van der Waals surface area (Å²) in [5.74, 6) is 0.742. The van der Waals surface area contributed by atoms with E-state index >= 15 is 0 Å². The summed E-state index contributed by atoms with van der Waals surface area (Å²) in [5.41, 5.74) is 1.06. The molecule has 1 atom stereocenters. The lowest BCUT2D eigenvalue weighted by molar-refractivity contribution is -0.137. The van der Waals surface area contributed by atoms with Crippen LogP contribution in [0.3, 0.4) is 0 Å². The smallest absolute Gasteiger partial charge is 0.416 e. The number of rotatable bonds is 5. The van der Waals surface area contributed by atoms with Crippen LogP contribution in [0.1, 0.15) is 38.8 Å². The van der Waals surface area contributed by atoms with Crippen molar-refractivity contribution in [2.45, 2.75) is 45.4 Å². The van der Waals surface area contributed by atoms with Gasteiger partial charge in [-0.1, -0.05) is 39.0 Å². The molecule has 25 heavy (non-hydrogen) atoms. The molecule has 0 saturated heterocycles. The van der Waals surface area contributed by atoms with Crippen molar-refractivity contribution in [2.75, 3.05) is 11.9 Å². The van der Waals surface area contributed by atoms with Crippen molar-refractivity contribution in [3.63, 3.8) is 0 Å². The molecule has 0 aliphatic carbocycles. The van der Waals surface area contributed by atoms with Crippen LogP contribution in [0.25, 0.3) is 0 Å². The van der Waals surface area contributed by atoms with Crippen LogP contribution in [-0.4, -0.2) is 12.6 Å². The molecular weight excluding hydrogens is 327 g/mol. The van der Waals surface area contributed by atoms with Gasteiger partial charge in [0.1, 0.15) is 11.9 Å². The zero-order chi connectivity index (χ0) is 18.7. The number of nitrogens with one attached hydrogen (secondary N) is 1. The minimum atomic E-state index is -4.34. The van der Waals surface area contributed by atoms with Crippen LogP contribution in [0, 0.1) is 0 Å². The standard InChI is InChI=1S/C20H24F3NO/c1-14(25-18-10-8-15(9-11-18)19(2,3)4)13-24-17-7-5-6-16(12-17)20(21,22)23/h5-12,14,24H,13H2,1-4H3. The van der Waals surface area contributed by atoms with Gasteiger partial charge in [-0.3, -0.25) is 0 Å². The van der Waals surface area contributed by atoms with E-state index in [4.69, 9.17) is 4.74 Å². The number of alkyl halides is 3. The maximum Gasteiger partial charge on any atom is 0.416 e. The molecule has 1 unspecified atom stereocenters. The molecule has 2 aromatic rings. The molecule has 0 saturated carbocycles. The minimum absolute atomic E-state index is 0.0786. The van der Waals surface area contributed by atoms with Crippen molar-refractivity contribution >= 4 is 5.69 Å². The first kappa shape index (κ1) is 19.2. The fraction of sp³-hybridized carbons (Fsp3) is 0.400. The molecule has 0 radical (unpaired) electrons. The quantitative estimate of drug-likeness (QED) is 0.726. The molecule has 1 N–H and O–H groups in total. The minimum Gasteiger partial charge on any atom is -0.489 e. The summed E-state index contributed by atoms with van der Waals surface area (Å²) in [6, 6.07) is 13.1. The Kier molecular flexibility index (Phi) is 5.65. The number of hydrogen-bond acceptors (Lipinski definition) is 2. The summed E-state index contributed by atoms with van der Waals surface area (Å²) in [5, 5.41) is 2.99. The summed E-state index contributed by atoms with van der Waals surface area (Å²) < 4.78 is 44.0. The molecule has 2 nitrogen and oxygen atoms in total. The molecular formula is C20H24F3NO. The van der Waals surface area contributed by atoms with E-state index in [0.29, 0.717) is 12.2 Å². The first-order chi connectivity index (χ1) is 11.6. The van der Waals surface area contributed by atoms with Crippen LogP contribution in [0.5, 0.6) is 5.75 Å². The first-order valence-electron chi connectivity index (χ1n) is 8.24. The summed E-state index contributed by atoms with van der Waals surface area (Å²) in [7, 11) is 0. The van der Waals surface area contributed by atoms with E-state index in [-0.39, 0.29) is 11.5 Å². The van der Waals surface area contributed by atoms with Gasteiger partial charge in [0.2, 0.25) is 0 Å². The van der Waals surface area contributed by atoms with Gasteiger partial charge in [0.25, 0.3) is 0 Å². The van der Waals surface area contributed by atoms with E-state index < -0.39 is 11.7 Å². The molecule has 5 heteroatoms. The summed E-state index contributed by atoms with van der Waals surface area (Å²) in [6.45, 7) is 8.71. The van der Waals surface area contributed by atoms with Crippen molar-refractivity contribution in [2.24, 2.45) is 0 Å². The van der Waals surface area contributed by atoms with Gasteiger partial charge in [0.15, 0.2) is 0 Å². The topological polar surface area (TPSA) is 21.3 Å². The summed E-state index contributed by atoms with van der Waals surface area (Å²) >= 11 is 0. The van der Waals surface area contributed by atoms with Crippen LogP contribution >= 0.6 is 0 Å². The number of anilines is 1. The third-order valence-corrected chi connectivity index (χ3v) is 3.84. The van der Waals surface area contributed by atoms with E-state index in [1.165, 1.54) is 11.6 Å². The molecule has 0 amide bonds. The zero-order valence-electron chi connectivity index (χ0n) is 14.9. The van der Waals surface area contributed by atoms with Crippen LogP contribution in [-0.2, 0) is 11.6 Å². The van der Waals surface area contributed by atoms with E-state index in [1.807, 2.05) is 31.2 Å². The highest BCUT2D eigenvalue weighted by Gasteiger charge is 2.30. The maximum atomic E-state index is 12.7. The Hall–Kier alpha value is -2.17. The molecule has 0 spiro atoms. The largest absolute Gasteiger partial charge is 0.489 e. The molecule has 0 aliphatic heterocycles. The SMILES string of the molecule is CC(CNc1cccc(C(F)(F)F)c1)Oc1ccc(C(C)(C)C)cc1. The molecule has 0 bridgehead atoms. The van der Waals surface area contributed by atoms with Gasteiger partial charge in [-0.2, -0.15) is 13.2 Å². The number of halogens is 3. The van der Waals surface area contributed by atoms with Crippen molar-refractivity contribution < 1.29 is 17.9 Å². The van der Waals surface area contributed by atoms with Crippen LogP contribution in [0.15, 0.2) is 48.5 Å². The van der Waals surface area contributed by atoms with Crippen LogP contribution in [0.2, 0.25) is 0 Å². The zero-order valence-corrected chi connectivity index (χ0v) is 14.9. The molecule has 0 heterocycles. The van der Waals surface area contributed by atoms with Crippen molar-refractivity contribution in [1.82, 2.24) is 0 Å². The average Bonchev–Trinajstić information content (AvgIpc) is 2.52. The second kappa shape index (κ2) is 7.38. The molecule has 136 valence electrons. The fourth-order valence-electron chi connectivity index (χ4n) is 2.37. The molecule has 0 fully saturated rings. The van der Waals surface area contributed by atoms with Gasteiger partial charge in [-0.25, -0.2) is 0 Å². The molecule has 0 aromatic heterocycles. The molecule has 2 rings (SSSR count). The van der Waals surface area contributed by atoms with Gasteiger partial charge in [0, 0.05) is 5.69 Å². The Morgan fingerprint density at radius 2 is 1.60 bits per heavy atom. The Labute approximate surface area is 147 Å². The van der Waals surface area contributed by atoms with Gasteiger partial charge in [0.05, 0.1) is 12.1 Å². The number of hydrogen-bond donors (Lipinski definition) is 1. The summed E-state index contributed by atoms with van der Waals surface area (Å²) in [4.78, 5) is 0. The molecule has 0 aliphatic rings. The van der Waals surface area contributed by atoms with Crippen molar-refractivity contribution in [3.05, 3.63) is 59.7 Å². The van der Waals surface area contributed by atoms with E-state index in [0.717, 1.165) is 17.9 Å². The first-order valence-corrected chi connectivity index (χ1v) is 8.24. The number of ether oxygens (including phenoxy) is 1. The van der Waals surface area contributed by atoms with E-state index in [9.17, 15) is 13.2 Å². The highest BCUT2D eigenvalue weighted by Crippen LogP contribution is 2.30. The Morgan fingerprint density at radius 1 is 0.960 bits per heavy atom. The Balaban J connectivity index is 1.92. The van der Waals surface area contributed by atoms with E-state index in [1.54, 1.807) is 6.07 Å². The Bertz CT molecular complexity index is 687. The lowest BCUT2D eigenvalue weighted by Crippen LogP contribution is -2.23. The maximum absolute atomic E-state index is 12.7. The fourth-order valence-corrected chi connectivity index (χ4v) is 2.37. The van der Waals surface area contributed by atoms with Crippen molar-refractivity contribution in [3.8, 4) is 5.75 Å². The van der Waals surface area contributed by atoms with Gasteiger partial charge >= 0.3 is 6.18 Å². The lowest BCUT2D eigenvalue weighted by Gasteiger charge is -2.20. The van der Waals surface area contributed by atoms with Crippen molar-refractivity contribution in [1.29, 1.82) is 0 Å². The summed E-state index contributed by atoms with van der Waals surface area (Å²) in [6.07, 6.45) is -4.52. The van der Waals surface area contributed by atoms with Crippen LogP contribution < -0.4 is 10.1 Å². The normalized spacial score (nSPS) is 13.4. The monoisotopic (exact) mass is 351 g/mol. The van der Waals surface area contributed by atoms with E-state index in [2.05, 4.69) is 26.1 Å². The predicted octanol–water partition coefficient (Wildman–Crippen LogP) is 5.88. The van der Waals surface area contributed by atoms with Gasteiger partial charge in [-0.15, -0.1) is 0 Å². The third kappa shape index (κ3) is 5.69. The molecule has 2 aromatic carbocycles. The lowest BCUT2D eigenvalue weighted by atomic mass is 9.87. The highest BCUT2D eigenvalue weighted by molar-refractivity contribution is 5.46. The second-order valence-corrected chi connectivity index (χ2v) is 7.16. The second-order valence-electron chi connectivity index (χ2n) is 7.16. The van der Waals surface area contributed by atoms with Gasteiger partial charge < -0.3 is 10.1 Å². The highest BCUT2D eigenvalue weighted by atomic mass is 19.4. The number of benzene rings is 2. The third-order valence-electron chi connectivity index (χ3n) is 3.84. The Morgan fingerprint density at radius 3 is 2.16 bits per heavy atom. The van der Waals surface area contributed by atoms with Gasteiger partial charge in [-0.05, 0) is 48.2 Å². The predicted molar refractivity (Wildman–Crippen MR) is 95.2 cm³/mol.